The molecule has 0 aliphatic carbocycles. The summed E-state index contributed by atoms with van der Waals surface area (Å²) in [6, 6.07) is 4.68. The molecule has 0 saturated carbocycles. The maximum Gasteiger partial charge on any atom is 0.267 e. The molecule has 2 heterocycles. The first-order valence-electron chi connectivity index (χ1n) is 8.03. The fourth-order valence-corrected chi connectivity index (χ4v) is 4.96. The van der Waals surface area contributed by atoms with Gasteiger partial charge in [-0.05, 0) is 49.9 Å². The largest absolute Gasteiger partial charge is 0.341 e. The van der Waals surface area contributed by atoms with Gasteiger partial charge in [-0.15, -0.1) is 0 Å². The number of carbonyl (C=O) groups excluding carboxylic acids is 2. The van der Waals surface area contributed by atoms with Gasteiger partial charge in [-0.25, -0.2) is 12.7 Å². The predicted molar refractivity (Wildman–Crippen MR) is 88.9 cm³/mol. The summed E-state index contributed by atoms with van der Waals surface area (Å²) in [5, 5.41) is 0.405. The van der Waals surface area contributed by atoms with E-state index in [0.717, 1.165) is 23.6 Å². The van der Waals surface area contributed by atoms with E-state index in [1.54, 1.807) is 4.90 Å². The van der Waals surface area contributed by atoms with Gasteiger partial charge >= 0.3 is 0 Å². The number of hydrogen-bond donors (Lipinski definition) is 0. The molecular weight excluding hydrogens is 352 g/mol. The summed E-state index contributed by atoms with van der Waals surface area (Å²) in [6.45, 7) is 1.25. The van der Waals surface area contributed by atoms with Crippen molar-refractivity contribution in [2.24, 2.45) is 0 Å². The number of halogens is 1. The standard InChI is InChI=1S/C16H19ClN2O4S/c17-12-4-6-13(7-5-12)24(22,23)19-14(8-9-15(19)20)16(21)18-10-2-1-3-11-18/h4-7,14H,1-3,8-11H2. The van der Waals surface area contributed by atoms with Crippen LogP contribution in [-0.2, 0) is 19.6 Å². The smallest absolute Gasteiger partial charge is 0.267 e. The lowest BCUT2D eigenvalue weighted by Crippen LogP contribution is -2.50. The van der Waals surface area contributed by atoms with Crippen molar-refractivity contribution in [2.45, 2.75) is 43.0 Å². The van der Waals surface area contributed by atoms with Gasteiger partial charge in [-0.2, -0.15) is 0 Å². The molecule has 1 aromatic carbocycles. The van der Waals surface area contributed by atoms with Gasteiger partial charge in [0.15, 0.2) is 0 Å². The summed E-state index contributed by atoms with van der Waals surface area (Å²) in [6.07, 6.45) is 3.20. The Morgan fingerprint density at radius 1 is 1.08 bits per heavy atom. The van der Waals surface area contributed by atoms with E-state index in [1.165, 1.54) is 24.3 Å². The first-order chi connectivity index (χ1) is 11.4. The van der Waals surface area contributed by atoms with Gasteiger partial charge in [0.25, 0.3) is 10.0 Å². The number of nitrogens with zero attached hydrogens (tertiary/aromatic N) is 2. The van der Waals surface area contributed by atoms with E-state index in [2.05, 4.69) is 0 Å². The van der Waals surface area contributed by atoms with Crippen molar-refractivity contribution in [3.05, 3.63) is 29.3 Å². The molecule has 8 heteroatoms. The summed E-state index contributed by atoms with van der Waals surface area (Å²) < 4.78 is 26.5. The number of benzene rings is 1. The Kier molecular flexibility index (Phi) is 4.83. The Morgan fingerprint density at radius 2 is 1.71 bits per heavy atom. The lowest BCUT2D eigenvalue weighted by atomic mass is 10.1. The van der Waals surface area contributed by atoms with Crippen molar-refractivity contribution in [2.75, 3.05) is 13.1 Å². The molecule has 0 N–H and O–H groups in total. The van der Waals surface area contributed by atoms with Crippen LogP contribution in [-0.4, -0.2) is 48.6 Å². The van der Waals surface area contributed by atoms with E-state index in [9.17, 15) is 18.0 Å². The molecule has 2 aliphatic heterocycles. The van der Waals surface area contributed by atoms with Gasteiger partial charge in [0, 0.05) is 24.5 Å². The third-order valence-corrected chi connectivity index (χ3v) is 6.58. The number of sulfonamides is 1. The summed E-state index contributed by atoms with van der Waals surface area (Å²) in [5.74, 6) is -0.793. The zero-order valence-electron chi connectivity index (χ0n) is 13.2. The molecule has 0 radical (unpaired) electrons. The zero-order valence-corrected chi connectivity index (χ0v) is 14.7. The van der Waals surface area contributed by atoms with Gasteiger partial charge in [0.2, 0.25) is 11.8 Å². The van der Waals surface area contributed by atoms with Gasteiger partial charge in [-0.1, -0.05) is 11.6 Å². The van der Waals surface area contributed by atoms with Gasteiger partial charge in [-0.3, -0.25) is 9.59 Å². The van der Waals surface area contributed by atoms with Crippen molar-refractivity contribution in [1.29, 1.82) is 0 Å². The average molecular weight is 371 g/mol. The van der Waals surface area contributed by atoms with Crippen molar-refractivity contribution < 1.29 is 18.0 Å². The molecular formula is C16H19ClN2O4S. The minimum Gasteiger partial charge on any atom is -0.341 e. The fraction of sp³-hybridized carbons (Fsp3) is 0.500. The number of hydrogen-bond acceptors (Lipinski definition) is 4. The summed E-state index contributed by atoms with van der Waals surface area (Å²) >= 11 is 5.79. The van der Waals surface area contributed by atoms with Crippen LogP contribution >= 0.6 is 11.6 Å². The van der Waals surface area contributed by atoms with Gasteiger partial charge < -0.3 is 4.90 Å². The van der Waals surface area contributed by atoms with Crippen molar-refractivity contribution in [3.63, 3.8) is 0 Å². The molecule has 0 aromatic heterocycles. The SMILES string of the molecule is O=C(C1CCC(=O)N1S(=O)(=O)c1ccc(Cl)cc1)N1CCCCC1. The molecule has 6 nitrogen and oxygen atoms in total. The second kappa shape index (κ2) is 6.72. The number of rotatable bonds is 3. The average Bonchev–Trinajstić information content (AvgIpc) is 2.98. The highest BCUT2D eigenvalue weighted by molar-refractivity contribution is 7.89. The van der Waals surface area contributed by atoms with Crippen LogP contribution in [0.25, 0.3) is 0 Å². The maximum absolute atomic E-state index is 12.8. The van der Waals surface area contributed by atoms with Gasteiger partial charge in [0.1, 0.15) is 6.04 Å². The van der Waals surface area contributed by atoms with Crippen LogP contribution in [0, 0.1) is 0 Å². The monoisotopic (exact) mass is 370 g/mol. The van der Waals surface area contributed by atoms with E-state index in [4.69, 9.17) is 11.6 Å². The first-order valence-corrected chi connectivity index (χ1v) is 9.85. The molecule has 1 atom stereocenters. The third kappa shape index (κ3) is 3.15. The zero-order chi connectivity index (χ0) is 17.3. The second-order valence-corrected chi connectivity index (χ2v) is 8.34. The molecule has 1 unspecified atom stereocenters. The Labute approximate surface area is 146 Å². The second-order valence-electron chi connectivity index (χ2n) is 6.09. The van der Waals surface area contributed by atoms with Crippen LogP contribution in [0.2, 0.25) is 5.02 Å². The number of amides is 2. The summed E-state index contributed by atoms with van der Waals surface area (Å²) in [7, 11) is -4.06. The molecule has 130 valence electrons. The van der Waals surface area contributed by atoms with Crippen LogP contribution in [0.3, 0.4) is 0 Å². The summed E-state index contributed by atoms with van der Waals surface area (Å²) in [4.78, 5) is 26.6. The quantitative estimate of drug-likeness (QED) is 0.815. The maximum atomic E-state index is 12.8. The molecule has 24 heavy (non-hydrogen) atoms. The van der Waals surface area contributed by atoms with Gasteiger partial charge in [0.05, 0.1) is 4.90 Å². The normalized spacial score (nSPS) is 22.0. The summed E-state index contributed by atoms with van der Waals surface area (Å²) in [5.41, 5.74) is 0. The lowest BCUT2D eigenvalue weighted by molar-refractivity contribution is -0.138. The number of piperidine rings is 1. The van der Waals surface area contributed by atoms with Crippen LogP contribution in [0.4, 0.5) is 0 Å². The fourth-order valence-electron chi connectivity index (χ4n) is 3.23. The van der Waals surface area contributed by atoms with Crippen LogP contribution in [0.1, 0.15) is 32.1 Å². The molecule has 2 saturated heterocycles. The van der Waals surface area contributed by atoms with E-state index in [-0.39, 0.29) is 23.6 Å². The lowest BCUT2D eigenvalue weighted by Gasteiger charge is -2.32. The topological polar surface area (TPSA) is 74.8 Å². The van der Waals surface area contributed by atoms with E-state index >= 15 is 0 Å². The molecule has 2 aliphatic rings. The highest BCUT2D eigenvalue weighted by Gasteiger charge is 2.45. The van der Waals surface area contributed by atoms with E-state index < -0.39 is 22.0 Å². The van der Waals surface area contributed by atoms with E-state index in [1.807, 2.05) is 0 Å². The van der Waals surface area contributed by atoms with E-state index in [0.29, 0.717) is 18.1 Å². The number of likely N-dealkylation sites (tertiary alicyclic amines) is 1. The third-order valence-electron chi connectivity index (χ3n) is 4.48. The molecule has 2 amide bonds. The minimum absolute atomic E-state index is 0.0291. The Bertz CT molecular complexity index is 742. The van der Waals surface area contributed by atoms with Crippen molar-refractivity contribution in [1.82, 2.24) is 9.21 Å². The Balaban J connectivity index is 1.90. The highest BCUT2D eigenvalue weighted by Crippen LogP contribution is 2.29. The predicted octanol–water partition coefficient (Wildman–Crippen LogP) is 2.03. The Hall–Kier alpha value is -1.60. The number of carbonyl (C=O) groups is 2. The Morgan fingerprint density at radius 3 is 2.33 bits per heavy atom. The van der Waals surface area contributed by atoms with Crippen LogP contribution < -0.4 is 0 Å². The molecule has 1 aromatic rings. The van der Waals surface area contributed by atoms with Crippen molar-refractivity contribution >= 4 is 33.4 Å². The molecule has 2 fully saturated rings. The molecule has 3 rings (SSSR count). The first kappa shape index (κ1) is 17.2. The molecule has 0 spiro atoms. The highest BCUT2D eigenvalue weighted by atomic mass is 35.5. The van der Waals surface area contributed by atoms with Crippen molar-refractivity contribution in [3.8, 4) is 0 Å². The van der Waals surface area contributed by atoms with Crippen LogP contribution in [0.15, 0.2) is 29.2 Å². The molecule has 0 bridgehead atoms. The van der Waals surface area contributed by atoms with Crippen LogP contribution in [0.5, 0.6) is 0 Å². The minimum atomic E-state index is -4.06.